The van der Waals surface area contributed by atoms with Crippen LogP contribution in [0.5, 0.6) is 5.75 Å². The first-order valence-electron chi connectivity index (χ1n) is 9.32. The zero-order chi connectivity index (χ0) is 17.0. The number of aromatic hydroxyl groups is 1. The van der Waals surface area contributed by atoms with E-state index in [0.717, 1.165) is 12.0 Å². The average Bonchev–Trinajstić information content (AvgIpc) is 2.62. The van der Waals surface area contributed by atoms with Gasteiger partial charge in [0.05, 0.1) is 0 Å². The molecule has 2 aromatic rings. The highest BCUT2D eigenvalue weighted by molar-refractivity contribution is 5.51. The van der Waals surface area contributed by atoms with Crippen molar-refractivity contribution in [1.82, 2.24) is 0 Å². The largest absolute Gasteiger partial charge is 0.508 e. The van der Waals surface area contributed by atoms with E-state index in [1.807, 2.05) is 24.3 Å². The van der Waals surface area contributed by atoms with E-state index in [1.54, 1.807) is 6.07 Å². The van der Waals surface area contributed by atoms with Crippen LogP contribution in [0.25, 0.3) is 6.08 Å². The molecule has 0 heterocycles. The van der Waals surface area contributed by atoms with Gasteiger partial charge >= 0.3 is 0 Å². The van der Waals surface area contributed by atoms with E-state index in [1.165, 1.54) is 44.1 Å². The molecule has 1 nitrogen and oxygen atoms in total. The maximum atomic E-state index is 10.2. The molecular weight excluding hydrogens is 292 g/mol. The molecule has 0 aromatic heterocycles. The standard InChI is InChI=1S/C23H30O/c1-2-3-4-5-6-10-15-21(22-16-11-12-17-23(22)24)19-18-20-13-8-7-9-14-20/h7-9,11-14,16-19,21,24H,2-6,10,15H2,1H3/b19-18+. The highest BCUT2D eigenvalue weighted by Gasteiger charge is 2.11. The number of phenolic OH excluding ortho intramolecular Hbond substituents is 1. The SMILES string of the molecule is CCCCCCCCC(/C=C/c1ccccc1)c1ccccc1O. The molecule has 2 rings (SSSR count). The molecule has 0 bridgehead atoms. The summed E-state index contributed by atoms with van der Waals surface area (Å²) in [6, 6.07) is 18.1. The Labute approximate surface area is 147 Å². The Hall–Kier alpha value is -2.02. The Balaban J connectivity index is 1.99. The normalized spacial score (nSPS) is 12.5. The van der Waals surface area contributed by atoms with Gasteiger partial charge in [0.1, 0.15) is 5.75 Å². The van der Waals surface area contributed by atoms with Crippen LogP contribution in [0.15, 0.2) is 60.7 Å². The topological polar surface area (TPSA) is 20.2 Å². The van der Waals surface area contributed by atoms with Crippen LogP contribution in [-0.4, -0.2) is 5.11 Å². The second-order valence-electron chi connectivity index (χ2n) is 6.49. The Morgan fingerprint density at radius 2 is 1.50 bits per heavy atom. The van der Waals surface area contributed by atoms with Gasteiger partial charge < -0.3 is 5.11 Å². The van der Waals surface area contributed by atoms with Crippen molar-refractivity contribution in [2.24, 2.45) is 0 Å². The second-order valence-corrected chi connectivity index (χ2v) is 6.49. The van der Waals surface area contributed by atoms with Gasteiger partial charge in [0.15, 0.2) is 0 Å². The smallest absolute Gasteiger partial charge is 0.119 e. The molecule has 0 saturated carbocycles. The van der Waals surface area contributed by atoms with Gasteiger partial charge in [-0.3, -0.25) is 0 Å². The lowest BCUT2D eigenvalue weighted by Gasteiger charge is -2.15. The maximum Gasteiger partial charge on any atom is 0.119 e. The Morgan fingerprint density at radius 3 is 2.25 bits per heavy atom. The molecule has 24 heavy (non-hydrogen) atoms. The molecule has 0 saturated heterocycles. The highest BCUT2D eigenvalue weighted by Crippen LogP contribution is 2.31. The molecule has 0 aliphatic heterocycles. The van der Waals surface area contributed by atoms with Crippen LogP contribution in [-0.2, 0) is 0 Å². The number of para-hydroxylation sites is 1. The van der Waals surface area contributed by atoms with Crippen LogP contribution in [0, 0.1) is 0 Å². The monoisotopic (exact) mass is 322 g/mol. The van der Waals surface area contributed by atoms with Gasteiger partial charge in [0, 0.05) is 11.5 Å². The summed E-state index contributed by atoms with van der Waals surface area (Å²) in [6.45, 7) is 2.25. The summed E-state index contributed by atoms with van der Waals surface area (Å²) in [5.41, 5.74) is 2.25. The van der Waals surface area contributed by atoms with E-state index in [0.29, 0.717) is 5.75 Å². The molecule has 1 atom stereocenters. The van der Waals surface area contributed by atoms with Crippen molar-refractivity contribution >= 4 is 6.08 Å². The minimum Gasteiger partial charge on any atom is -0.508 e. The van der Waals surface area contributed by atoms with Gasteiger partial charge in [-0.15, -0.1) is 0 Å². The maximum absolute atomic E-state index is 10.2. The quantitative estimate of drug-likeness (QED) is 0.470. The molecule has 0 radical (unpaired) electrons. The van der Waals surface area contributed by atoms with Crippen molar-refractivity contribution in [1.29, 1.82) is 0 Å². The van der Waals surface area contributed by atoms with Crippen LogP contribution in [0.2, 0.25) is 0 Å². The van der Waals surface area contributed by atoms with Crippen molar-refractivity contribution < 1.29 is 5.11 Å². The molecule has 2 aromatic carbocycles. The van der Waals surface area contributed by atoms with Crippen LogP contribution < -0.4 is 0 Å². The van der Waals surface area contributed by atoms with E-state index in [4.69, 9.17) is 0 Å². The third-order valence-corrected chi connectivity index (χ3v) is 4.53. The molecule has 1 unspecified atom stereocenters. The number of unbranched alkanes of at least 4 members (excludes halogenated alkanes) is 5. The third-order valence-electron chi connectivity index (χ3n) is 4.53. The lowest BCUT2D eigenvalue weighted by atomic mass is 9.91. The van der Waals surface area contributed by atoms with Gasteiger partial charge in [0.25, 0.3) is 0 Å². The summed E-state index contributed by atoms with van der Waals surface area (Å²) < 4.78 is 0. The van der Waals surface area contributed by atoms with E-state index in [-0.39, 0.29) is 5.92 Å². The molecule has 0 amide bonds. The van der Waals surface area contributed by atoms with Crippen LogP contribution >= 0.6 is 0 Å². The van der Waals surface area contributed by atoms with Gasteiger partial charge in [-0.2, -0.15) is 0 Å². The Kier molecular flexibility index (Phi) is 8.17. The molecule has 1 N–H and O–H groups in total. The van der Waals surface area contributed by atoms with Crippen molar-refractivity contribution in [2.75, 3.05) is 0 Å². The summed E-state index contributed by atoms with van der Waals surface area (Å²) in [4.78, 5) is 0. The zero-order valence-electron chi connectivity index (χ0n) is 14.8. The number of hydrogen-bond donors (Lipinski definition) is 1. The minimum atomic E-state index is 0.276. The van der Waals surface area contributed by atoms with Crippen molar-refractivity contribution in [2.45, 2.75) is 57.8 Å². The van der Waals surface area contributed by atoms with Gasteiger partial charge in [-0.05, 0) is 18.1 Å². The van der Waals surface area contributed by atoms with Gasteiger partial charge in [-0.1, -0.05) is 106 Å². The molecular formula is C23H30O. The fraction of sp³-hybridized carbons (Fsp3) is 0.391. The highest BCUT2D eigenvalue weighted by atomic mass is 16.3. The zero-order valence-corrected chi connectivity index (χ0v) is 14.8. The molecule has 0 fully saturated rings. The van der Waals surface area contributed by atoms with Crippen molar-refractivity contribution in [3.63, 3.8) is 0 Å². The van der Waals surface area contributed by atoms with Crippen molar-refractivity contribution in [3.05, 3.63) is 71.8 Å². The average molecular weight is 322 g/mol. The summed E-state index contributed by atoms with van der Waals surface area (Å²) in [7, 11) is 0. The third kappa shape index (κ3) is 6.23. The fourth-order valence-electron chi connectivity index (χ4n) is 3.09. The van der Waals surface area contributed by atoms with Crippen LogP contribution in [0.4, 0.5) is 0 Å². The predicted molar refractivity (Wildman–Crippen MR) is 104 cm³/mol. The summed E-state index contributed by atoms with van der Waals surface area (Å²) >= 11 is 0. The second kappa shape index (κ2) is 10.7. The van der Waals surface area contributed by atoms with Crippen LogP contribution in [0.3, 0.4) is 0 Å². The number of phenols is 1. The number of hydrogen-bond acceptors (Lipinski definition) is 1. The number of rotatable bonds is 10. The minimum absolute atomic E-state index is 0.276. The lowest BCUT2D eigenvalue weighted by Crippen LogP contribution is -1.96. The predicted octanol–water partition coefficient (Wildman–Crippen LogP) is 6.94. The van der Waals surface area contributed by atoms with Crippen LogP contribution in [0.1, 0.15) is 68.9 Å². The van der Waals surface area contributed by atoms with E-state index in [9.17, 15) is 5.11 Å². The van der Waals surface area contributed by atoms with E-state index in [2.05, 4.69) is 43.3 Å². The van der Waals surface area contributed by atoms with Crippen molar-refractivity contribution in [3.8, 4) is 5.75 Å². The molecule has 0 aliphatic rings. The first-order chi connectivity index (χ1) is 11.8. The number of allylic oxidation sites excluding steroid dienone is 1. The fourth-order valence-corrected chi connectivity index (χ4v) is 3.09. The first-order valence-corrected chi connectivity index (χ1v) is 9.32. The first kappa shape index (κ1) is 18.3. The molecule has 128 valence electrons. The summed E-state index contributed by atoms with van der Waals surface area (Å²) in [5.74, 6) is 0.684. The molecule has 0 spiro atoms. The summed E-state index contributed by atoms with van der Waals surface area (Å²) in [6.07, 6.45) is 13.3. The van der Waals surface area contributed by atoms with E-state index < -0.39 is 0 Å². The van der Waals surface area contributed by atoms with E-state index >= 15 is 0 Å². The molecule has 1 heteroatoms. The number of benzene rings is 2. The Morgan fingerprint density at radius 1 is 0.833 bits per heavy atom. The van der Waals surface area contributed by atoms with Gasteiger partial charge in [-0.25, -0.2) is 0 Å². The van der Waals surface area contributed by atoms with Gasteiger partial charge in [0.2, 0.25) is 0 Å². The lowest BCUT2D eigenvalue weighted by molar-refractivity contribution is 0.461. The summed E-state index contributed by atoms with van der Waals surface area (Å²) in [5, 5.41) is 10.2. The molecule has 0 aliphatic carbocycles. The Bertz CT molecular complexity index is 600.